The van der Waals surface area contributed by atoms with Crippen LogP contribution < -0.4 is 5.32 Å². The third-order valence-electron chi connectivity index (χ3n) is 3.24. The van der Waals surface area contributed by atoms with Crippen molar-refractivity contribution in [3.63, 3.8) is 0 Å². The van der Waals surface area contributed by atoms with Crippen molar-refractivity contribution in [3.8, 4) is 0 Å². The minimum absolute atomic E-state index is 0.483. The Balaban J connectivity index is 1.97. The van der Waals surface area contributed by atoms with Crippen LogP contribution in [0.3, 0.4) is 0 Å². The molecule has 4 heteroatoms. The number of rotatable bonds is 10. The van der Waals surface area contributed by atoms with Crippen LogP contribution in [0.5, 0.6) is 0 Å². The highest BCUT2D eigenvalue weighted by Crippen LogP contribution is 2.13. The second kappa shape index (κ2) is 9.83. The average molecular weight is 244 g/mol. The molecule has 0 amide bonds. The highest BCUT2D eigenvalue weighted by atomic mass is 16.5. The SMILES string of the molecule is CCN(CCCNCCOC)CC1CCCO1. The molecular formula is C13H28N2O2. The number of ether oxygens (including phenoxy) is 2. The van der Waals surface area contributed by atoms with Crippen LogP contribution in [0.25, 0.3) is 0 Å². The summed E-state index contributed by atoms with van der Waals surface area (Å²) in [7, 11) is 1.74. The van der Waals surface area contributed by atoms with E-state index in [4.69, 9.17) is 9.47 Å². The number of hydrogen-bond donors (Lipinski definition) is 1. The van der Waals surface area contributed by atoms with Crippen molar-refractivity contribution in [1.82, 2.24) is 10.2 Å². The molecule has 0 aromatic carbocycles. The summed E-state index contributed by atoms with van der Waals surface area (Å²) in [5.74, 6) is 0. The zero-order chi connectivity index (χ0) is 12.3. The van der Waals surface area contributed by atoms with Gasteiger partial charge in [-0.3, -0.25) is 0 Å². The molecule has 0 aliphatic carbocycles. The summed E-state index contributed by atoms with van der Waals surface area (Å²) in [4.78, 5) is 2.49. The van der Waals surface area contributed by atoms with Crippen LogP contribution in [0.2, 0.25) is 0 Å². The minimum Gasteiger partial charge on any atom is -0.383 e. The maximum atomic E-state index is 5.67. The van der Waals surface area contributed by atoms with Crippen LogP contribution in [-0.2, 0) is 9.47 Å². The molecule has 0 radical (unpaired) electrons. The van der Waals surface area contributed by atoms with E-state index < -0.39 is 0 Å². The predicted octanol–water partition coefficient (Wildman–Crippen LogP) is 1.11. The number of hydrogen-bond acceptors (Lipinski definition) is 4. The number of nitrogens with zero attached hydrogens (tertiary/aromatic N) is 1. The summed E-state index contributed by atoms with van der Waals surface area (Å²) in [5, 5.41) is 3.38. The van der Waals surface area contributed by atoms with Crippen molar-refractivity contribution in [2.75, 3.05) is 53.0 Å². The molecule has 1 aliphatic rings. The third-order valence-corrected chi connectivity index (χ3v) is 3.24. The fourth-order valence-electron chi connectivity index (χ4n) is 2.18. The van der Waals surface area contributed by atoms with Gasteiger partial charge in [-0.05, 0) is 38.9 Å². The van der Waals surface area contributed by atoms with Gasteiger partial charge in [0.25, 0.3) is 0 Å². The Labute approximate surface area is 106 Å². The Kier molecular flexibility index (Phi) is 8.61. The van der Waals surface area contributed by atoms with Gasteiger partial charge in [0.1, 0.15) is 0 Å². The Morgan fingerprint density at radius 3 is 2.94 bits per heavy atom. The molecule has 1 unspecified atom stereocenters. The van der Waals surface area contributed by atoms with Gasteiger partial charge in [-0.1, -0.05) is 6.92 Å². The smallest absolute Gasteiger partial charge is 0.0702 e. The summed E-state index contributed by atoms with van der Waals surface area (Å²) in [5.41, 5.74) is 0. The van der Waals surface area contributed by atoms with Crippen molar-refractivity contribution >= 4 is 0 Å². The van der Waals surface area contributed by atoms with Crippen molar-refractivity contribution < 1.29 is 9.47 Å². The van der Waals surface area contributed by atoms with Gasteiger partial charge in [0.05, 0.1) is 12.7 Å². The standard InChI is InChI=1S/C13H28N2O2/c1-3-15(12-13-6-4-10-17-13)9-5-7-14-8-11-16-2/h13-14H,3-12H2,1-2H3. The summed E-state index contributed by atoms with van der Waals surface area (Å²) in [6.45, 7) is 9.41. The van der Waals surface area contributed by atoms with Gasteiger partial charge < -0.3 is 19.7 Å². The first-order valence-electron chi connectivity index (χ1n) is 6.90. The molecule has 1 N–H and O–H groups in total. The monoisotopic (exact) mass is 244 g/mol. The zero-order valence-corrected chi connectivity index (χ0v) is 11.4. The normalized spacial score (nSPS) is 20.3. The number of nitrogens with one attached hydrogen (secondary N) is 1. The van der Waals surface area contributed by atoms with Crippen LogP contribution >= 0.6 is 0 Å². The Bertz CT molecular complexity index is 173. The maximum Gasteiger partial charge on any atom is 0.0702 e. The summed E-state index contributed by atoms with van der Waals surface area (Å²) in [6, 6.07) is 0. The third kappa shape index (κ3) is 6.99. The van der Waals surface area contributed by atoms with Gasteiger partial charge >= 0.3 is 0 Å². The molecular weight excluding hydrogens is 216 g/mol. The van der Waals surface area contributed by atoms with E-state index in [0.29, 0.717) is 6.10 Å². The number of methoxy groups -OCH3 is 1. The van der Waals surface area contributed by atoms with Crippen molar-refractivity contribution in [1.29, 1.82) is 0 Å². The van der Waals surface area contributed by atoms with Crippen LogP contribution in [0.4, 0.5) is 0 Å². The zero-order valence-electron chi connectivity index (χ0n) is 11.4. The predicted molar refractivity (Wildman–Crippen MR) is 70.5 cm³/mol. The molecule has 0 saturated carbocycles. The van der Waals surface area contributed by atoms with Gasteiger partial charge in [0.15, 0.2) is 0 Å². The van der Waals surface area contributed by atoms with E-state index >= 15 is 0 Å². The number of likely N-dealkylation sites (N-methyl/N-ethyl adjacent to an activating group) is 1. The highest BCUT2D eigenvalue weighted by molar-refractivity contribution is 4.70. The molecule has 0 spiro atoms. The van der Waals surface area contributed by atoms with E-state index in [1.165, 1.54) is 19.3 Å². The second-order valence-corrected chi connectivity index (χ2v) is 4.62. The molecule has 1 saturated heterocycles. The summed E-state index contributed by atoms with van der Waals surface area (Å²) >= 11 is 0. The van der Waals surface area contributed by atoms with Gasteiger partial charge in [0, 0.05) is 26.8 Å². The van der Waals surface area contributed by atoms with Crippen molar-refractivity contribution in [3.05, 3.63) is 0 Å². The van der Waals surface area contributed by atoms with Crippen LogP contribution in [0.15, 0.2) is 0 Å². The first kappa shape index (κ1) is 14.9. The molecule has 1 heterocycles. The van der Waals surface area contributed by atoms with E-state index in [0.717, 1.165) is 45.9 Å². The molecule has 4 nitrogen and oxygen atoms in total. The topological polar surface area (TPSA) is 33.7 Å². The van der Waals surface area contributed by atoms with Crippen LogP contribution in [0.1, 0.15) is 26.2 Å². The Morgan fingerprint density at radius 1 is 1.41 bits per heavy atom. The molecule has 0 aromatic rings. The van der Waals surface area contributed by atoms with E-state index in [-0.39, 0.29) is 0 Å². The molecule has 1 fully saturated rings. The lowest BCUT2D eigenvalue weighted by Gasteiger charge is -2.23. The van der Waals surface area contributed by atoms with Crippen molar-refractivity contribution in [2.45, 2.75) is 32.3 Å². The first-order valence-corrected chi connectivity index (χ1v) is 6.90. The van der Waals surface area contributed by atoms with Crippen molar-refractivity contribution in [2.24, 2.45) is 0 Å². The van der Waals surface area contributed by atoms with Crippen LogP contribution in [-0.4, -0.2) is 64.1 Å². The minimum atomic E-state index is 0.483. The Morgan fingerprint density at radius 2 is 2.29 bits per heavy atom. The van der Waals surface area contributed by atoms with E-state index in [1.807, 2.05) is 0 Å². The first-order chi connectivity index (χ1) is 8.36. The molecule has 0 bridgehead atoms. The quantitative estimate of drug-likeness (QED) is 0.584. The molecule has 1 rings (SSSR count). The summed E-state index contributed by atoms with van der Waals surface area (Å²) < 4.78 is 10.7. The van der Waals surface area contributed by atoms with E-state index in [9.17, 15) is 0 Å². The fraction of sp³-hybridized carbons (Fsp3) is 1.00. The van der Waals surface area contributed by atoms with E-state index in [1.54, 1.807) is 7.11 Å². The van der Waals surface area contributed by atoms with Crippen LogP contribution in [0, 0.1) is 0 Å². The van der Waals surface area contributed by atoms with Gasteiger partial charge in [-0.15, -0.1) is 0 Å². The maximum absolute atomic E-state index is 5.67. The fourth-order valence-corrected chi connectivity index (χ4v) is 2.18. The molecule has 1 aliphatic heterocycles. The lowest BCUT2D eigenvalue weighted by Crippen LogP contribution is -2.34. The lowest BCUT2D eigenvalue weighted by atomic mass is 10.2. The molecule has 1 atom stereocenters. The molecule has 0 aromatic heterocycles. The van der Waals surface area contributed by atoms with Gasteiger partial charge in [-0.25, -0.2) is 0 Å². The summed E-state index contributed by atoms with van der Waals surface area (Å²) in [6.07, 6.45) is 4.16. The average Bonchev–Trinajstić information content (AvgIpc) is 2.85. The second-order valence-electron chi connectivity index (χ2n) is 4.62. The van der Waals surface area contributed by atoms with Gasteiger partial charge in [-0.2, -0.15) is 0 Å². The Hall–Kier alpha value is -0.160. The largest absolute Gasteiger partial charge is 0.383 e. The highest BCUT2D eigenvalue weighted by Gasteiger charge is 2.17. The van der Waals surface area contributed by atoms with Gasteiger partial charge in [0.2, 0.25) is 0 Å². The lowest BCUT2D eigenvalue weighted by molar-refractivity contribution is 0.0744. The molecule has 102 valence electrons. The molecule has 17 heavy (non-hydrogen) atoms. The van der Waals surface area contributed by atoms with E-state index in [2.05, 4.69) is 17.1 Å².